The fourth-order valence-corrected chi connectivity index (χ4v) is 2.05. The van der Waals surface area contributed by atoms with E-state index in [0.717, 1.165) is 0 Å². The van der Waals surface area contributed by atoms with E-state index in [2.05, 4.69) is 4.98 Å². The Hall–Kier alpha value is -2.40. The molecule has 0 aliphatic rings. The summed E-state index contributed by atoms with van der Waals surface area (Å²) in [5, 5.41) is 0.0157. The highest BCUT2D eigenvalue weighted by molar-refractivity contribution is 6.35. The Morgan fingerprint density at radius 1 is 1.33 bits per heavy atom. The quantitative estimate of drug-likeness (QED) is 0.854. The monoisotopic (exact) mass is 305 g/mol. The summed E-state index contributed by atoms with van der Waals surface area (Å²) in [6.45, 7) is 1.68. The topological polar surface area (TPSA) is 82.0 Å². The lowest BCUT2D eigenvalue weighted by atomic mass is 10.00. The Labute approximate surface area is 126 Å². The fraction of sp³-hybridized carbons (Fsp3) is 0.0667. The Morgan fingerprint density at radius 2 is 2.05 bits per heavy atom. The van der Waals surface area contributed by atoms with Crippen LogP contribution >= 0.6 is 11.6 Å². The van der Waals surface area contributed by atoms with Gasteiger partial charge in [-0.15, -0.1) is 0 Å². The molecule has 1 heterocycles. The molecule has 4 N–H and O–H groups in total. The number of nitrogen functional groups attached to an aromatic ring is 1. The van der Waals surface area contributed by atoms with Crippen molar-refractivity contribution in [1.29, 1.82) is 0 Å². The third kappa shape index (κ3) is 2.87. The van der Waals surface area contributed by atoms with Crippen LogP contribution < -0.4 is 11.5 Å². The van der Waals surface area contributed by atoms with Gasteiger partial charge in [-0.1, -0.05) is 17.7 Å². The molecule has 0 unspecified atom stereocenters. The number of ketones is 1. The van der Waals surface area contributed by atoms with Crippen molar-refractivity contribution in [2.45, 2.75) is 6.92 Å². The number of rotatable bonds is 3. The molecule has 2 rings (SSSR count). The number of hydrogen-bond acceptors (Lipinski definition) is 4. The van der Waals surface area contributed by atoms with Crippen molar-refractivity contribution >= 4 is 28.9 Å². The third-order valence-corrected chi connectivity index (χ3v) is 3.30. The first kappa shape index (κ1) is 15.0. The van der Waals surface area contributed by atoms with E-state index in [1.54, 1.807) is 13.0 Å². The second-order valence-corrected chi connectivity index (χ2v) is 4.74. The van der Waals surface area contributed by atoms with Gasteiger partial charge in [-0.25, -0.2) is 9.37 Å². The molecule has 1 aromatic carbocycles. The Balaban J connectivity index is 2.57. The lowest BCUT2D eigenvalue weighted by molar-refractivity contribution is 0.103. The molecule has 0 radical (unpaired) electrons. The summed E-state index contributed by atoms with van der Waals surface area (Å²) in [5.41, 5.74) is 11.5. The van der Waals surface area contributed by atoms with E-state index in [-0.39, 0.29) is 33.2 Å². The zero-order chi connectivity index (χ0) is 15.6. The van der Waals surface area contributed by atoms with Crippen LogP contribution in [0.25, 0.3) is 5.70 Å². The first-order valence-corrected chi connectivity index (χ1v) is 6.50. The van der Waals surface area contributed by atoms with E-state index in [1.165, 1.54) is 30.5 Å². The number of aromatic nitrogens is 1. The zero-order valence-corrected chi connectivity index (χ0v) is 12.0. The van der Waals surface area contributed by atoms with Crippen molar-refractivity contribution in [3.05, 3.63) is 64.1 Å². The molecule has 0 bridgehead atoms. The highest BCUT2D eigenvalue weighted by Gasteiger charge is 2.21. The highest BCUT2D eigenvalue weighted by atomic mass is 35.5. The number of allylic oxidation sites excluding steroid dienone is 1. The zero-order valence-electron chi connectivity index (χ0n) is 11.2. The van der Waals surface area contributed by atoms with Crippen molar-refractivity contribution in [3.63, 3.8) is 0 Å². The van der Waals surface area contributed by atoms with Gasteiger partial charge in [0.25, 0.3) is 0 Å². The van der Waals surface area contributed by atoms with Crippen LogP contribution in [0.1, 0.15) is 28.4 Å². The predicted molar refractivity (Wildman–Crippen MR) is 81.3 cm³/mol. The van der Waals surface area contributed by atoms with Gasteiger partial charge in [0.2, 0.25) is 0 Å². The standard InChI is InChI=1S/C15H13ClFN3O/c1-2-11(18)9-4-5-10(16)13(14(9)17)15(21)8-3-6-12(19)20-7-8/h2-7H,18H2,1H3,(H2,19,20)/b11-2+. The van der Waals surface area contributed by atoms with Gasteiger partial charge in [0.05, 0.1) is 10.6 Å². The first-order chi connectivity index (χ1) is 9.95. The summed E-state index contributed by atoms with van der Waals surface area (Å²) in [6.07, 6.45) is 2.82. The molecule has 0 saturated heterocycles. The van der Waals surface area contributed by atoms with Crippen LogP contribution in [0.15, 0.2) is 36.5 Å². The lowest BCUT2D eigenvalue weighted by Gasteiger charge is -2.10. The summed E-state index contributed by atoms with van der Waals surface area (Å²) in [4.78, 5) is 16.2. The second-order valence-electron chi connectivity index (χ2n) is 4.33. The minimum Gasteiger partial charge on any atom is -0.398 e. The molecule has 0 saturated carbocycles. The number of halogens is 2. The number of pyridine rings is 1. The van der Waals surface area contributed by atoms with E-state index < -0.39 is 11.6 Å². The van der Waals surface area contributed by atoms with Gasteiger partial charge >= 0.3 is 0 Å². The number of nitrogens with two attached hydrogens (primary N) is 2. The van der Waals surface area contributed by atoms with Gasteiger partial charge in [-0.2, -0.15) is 0 Å². The number of carbonyl (C=O) groups is 1. The molecule has 2 aromatic rings. The summed E-state index contributed by atoms with van der Waals surface area (Å²) in [6, 6.07) is 5.80. The number of hydrogen-bond donors (Lipinski definition) is 2. The normalized spacial score (nSPS) is 11.5. The Bertz CT molecular complexity index is 726. The summed E-state index contributed by atoms with van der Waals surface area (Å²) in [7, 11) is 0. The van der Waals surface area contributed by atoms with Crippen molar-refractivity contribution in [2.24, 2.45) is 5.73 Å². The molecular weight excluding hydrogens is 293 g/mol. The molecular formula is C15H13ClFN3O. The average Bonchev–Trinajstić information content (AvgIpc) is 2.47. The molecule has 0 fully saturated rings. The average molecular weight is 306 g/mol. The minimum absolute atomic E-state index is 0.0157. The maximum Gasteiger partial charge on any atom is 0.199 e. The maximum absolute atomic E-state index is 14.5. The molecule has 4 nitrogen and oxygen atoms in total. The van der Waals surface area contributed by atoms with Crippen LogP contribution in [0.4, 0.5) is 10.2 Å². The number of anilines is 1. The van der Waals surface area contributed by atoms with E-state index in [4.69, 9.17) is 23.1 Å². The highest BCUT2D eigenvalue weighted by Crippen LogP contribution is 2.27. The van der Waals surface area contributed by atoms with Gasteiger partial charge in [-0.3, -0.25) is 4.79 Å². The van der Waals surface area contributed by atoms with Gasteiger partial charge in [0.15, 0.2) is 5.78 Å². The second kappa shape index (κ2) is 5.93. The van der Waals surface area contributed by atoms with Crippen LogP contribution in [-0.4, -0.2) is 10.8 Å². The van der Waals surface area contributed by atoms with E-state index >= 15 is 0 Å². The largest absolute Gasteiger partial charge is 0.398 e. The van der Waals surface area contributed by atoms with Gasteiger partial charge in [0, 0.05) is 23.0 Å². The van der Waals surface area contributed by atoms with Gasteiger partial charge in [-0.05, 0) is 31.2 Å². The molecule has 0 aliphatic heterocycles. The number of nitrogens with zero attached hydrogens (tertiary/aromatic N) is 1. The van der Waals surface area contributed by atoms with Crippen LogP contribution in [-0.2, 0) is 0 Å². The Morgan fingerprint density at radius 3 is 2.62 bits per heavy atom. The van der Waals surface area contributed by atoms with Crippen molar-refractivity contribution < 1.29 is 9.18 Å². The molecule has 0 spiro atoms. The fourth-order valence-electron chi connectivity index (χ4n) is 1.82. The van der Waals surface area contributed by atoms with Crippen molar-refractivity contribution in [3.8, 4) is 0 Å². The molecule has 0 aliphatic carbocycles. The van der Waals surface area contributed by atoms with Crippen molar-refractivity contribution in [2.75, 3.05) is 5.73 Å². The van der Waals surface area contributed by atoms with E-state index in [9.17, 15) is 9.18 Å². The van der Waals surface area contributed by atoms with Gasteiger partial charge < -0.3 is 11.5 Å². The van der Waals surface area contributed by atoms with Crippen LogP contribution in [0.3, 0.4) is 0 Å². The van der Waals surface area contributed by atoms with E-state index in [1.807, 2.05) is 0 Å². The lowest BCUT2D eigenvalue weighted by Crippen LogP contribution is -2.10. The molecule has 6 heteroatoms. The summed E-state index contributed by atoms with van der Waals surface area (Å²) < 4.78 is 14.5. The smallest absolute Gasteiger partial charge is 0.199 e. The van der Waals surface area contributed by atoms with Crippen molar-refractivity contribution in [1.82, 2.24) is 4.98 Å². The molecule has 1 aromatic heterocycles. The molecule has 21 heavy (non-hydrogen) atoms. The number of carbonyl (C=O) groups excluding carboxylic acids is 1. The SMILES string of the molecule is C/C=C(/N)c1ccc(Cl)c(C(=O)c2ccc(N)nc2)c1F. The molecule has 108 valence electrons. The molecule has 0 amide bonds. The van der Waals surface area contributed by atoms with Crippen LogP contribution in [0.2, 0.25) is 5.02 Å². The number of benzene rings is 1. The molecule has 0 atom stereocenters. The van der Waals surface area contributed by atoms with Crippen LogP contribution in [0.5, 0.6) is 0 Å². The Kier molecular flexibility index (Phi) is 4.23. The summed E-state index contributed by atoms with van der Waals surface area (Å²) in [5.74, 6) is -1.05. The minimum atomic E-state index is -0.750. The first-order valence-electron chi connectivity index (χ1n) is 6.12. The maximum atomic E-state index is 14.5. The predicted octanol–water partition coefficient (Wildman–Crippen LogP) is 3.01. The van der Waals surface area contributed by atoms with Gasteiger partial charge in [0.1, 0.15) is 11.6 Å². The third-order valence-electron chi connectivity index (χ3n) is 2.99. The summed E-state index contributed by atoms with van der Waals surface area (Å²) >= 11 is 5.96. The van der Waals surface area contributed by atoms with Crippen LogP contribution in [0, 0.1) is 5.82 Å². The van der Waals surface area contributed by atoms with E-state index in [0.29, 0.717) is 0 Å².